The number of hydrogen-bond acceptors (Lipinski definition) is 3. The summed E-state index contributed by atoms with van der Waals surface area (Å²) < 4.78 is 0. The van der Waals surface area contributed by atoms with Crippen LogP contribution in [0.3, 0.4) is 0 Å². The van der Waals surface area contributed by atoms with Crippen LogP contribution >= 0.6 is 11.6 Å². The van der Waals surface area contributed by atoms with E-state index < -0.39 is 0 Å². The minimum Gasteiger partial charge on any atom is -0.348 e. The third-order valence-electron chi connectivity index (χ3n) is 4.28. The van der Waals surface area contributed by atoms with Gasteiger partial charge in [0, 0.05) is 29.6 Å². The Morgan fingerprint density at radius 1 is 0.964 bits per heavy atom. The van der Waals surface area contributed by atoms with Crippen LogP contribution in [0.25, 0.3) is 0 Å². The van der Waals surface area contributed by atoms with Crippen LogP contribution in [0.1, 0.15) is 38.8 Å². The fraction of sp³-hybridized carbons (Fsp3) is 0.136. The first kappa shape index (κ1) is 19.6. The van der Waals surface area contributed by atoms with Crippen LogP contribution < -0.4 is 10.6 Å². The van der Waals surface area contributed by atoms with Crippen LogP contribution in [-0.4, -0.2) is 16.8 Å². The van der Waals surface area contributed by atoms with Gasteiger partial charge in [-0.2, -0.15) is 0 Å². The maximum atomic E-state index is 12.5. The average Bonchev–Trinajstić information content (AvgIpc) is 2.73. The van der Waals surface area contributed by atoms with E-state index in [0.29, 0.717) is 28.4 Å². The number of nitrogens with zero attached hydrogens (tertiary/aromatic N) is 1. The summed E-state index contributed by atoms with van der Waals surface area (Å²) in [6.07, 6.45) is 3.79. The zero-order chi connectivity index (χ0) is 19.9. The molecule has 2 N–H and O–H groups in total. The van der Waals surface area contributed by atoms with Crippen molar-refractivity contribution in [2.75, 3.05) is 5.32 Å². The second-order valence-corrected chi connectivity index (χ2v) is 6.65. The smallest absolute Gasteiger partial charge is 0.257 e. The summed E-state index contributed by atoms with van der Waals surface area (Å²) in [4.78, 5) is 28.9. The zero-order valence-corrected chi connectivity index (χ0v) is 16.2. The third-order valence-corrected chi connectivity index (χ3v) is 4.65. The average molecular weight is 394 g/mol. The Labute approximate surface area is 168 Å². The highest BCUT2D eigenvalue weighted by Gasteiger charge is 2.12. The summed E-state index contributed by atoms with van der Waals surface area (Å²) in [5.74, 6) is -0.646. The highest BCUT2D eigenvalue weighted by atomic mass is 35.5. The maximum absolute atomic E-state index is 12.5. The van der Waals surface area contributed by atoms with Gasteiger partial charge in [-0.1, -0.05) is 48.9 Å². The van der Waals surface area contributed by atoms with Crippen LogP contribution in [0.2, 0.25) is 5.02 Å². The maximum Gasteiger partial charge on any atom is 0.257 e. The summed E-state index contributed by atoms with van der Waals surface area (Å²) in [5.41, 5.74) is 3.31. The lowest BCUT2D eigenvalue weighted by molar-refractivity contribution is 0.0950. The van der Waals surface area contributed by atoms with E-state index in [0.717, 1.165) is 12.0 Å². The Bertz CT molecular complexity index is 987. The first-order chi connectivity index (χ1) is 13.6. The number of carbonyl (C=O) groups excluding carboxylic acids is 2. The van der Waals surface area contributed by atoms with Crippen molar-refractivity contribution in [3.05, 3.63) is 94.3 Å². The van der Waals surface area contributed by atoms with Crippen LogP contribution in [0.4, 0.5) is 5.69 Å². The minimum absolute atomic E-state index is 0.290. The van der Waals surface area contributed by atoms with Gasteiger partial charge in [0.15, 0.2) is 0 Å². The molecule has 0 saturated carbocycles. The van der Waals surface area contributed by atoms with Crippen molar-refractivity contribution in [2.45, 2.75) is 19.9 Å². The number of benzene rings is 2. The predicted molar refractivity (Wildman–Crippen MR) is 111 cm³/mol. The van der Waals surface area contributed by atoms with E-state index in [2.05, 4.69) is 22.5 Å². The molecular weight excluding hydrogens is 374 g/mol. The van der Waals surface area contributed by atoms with Crippen molar-refractivity contribution in [3.63, 3.8) is 0 Å². The molecule has 6 heteroatoms. The second kappa shape index (κ2) is 9.15. The first-order valence-corrected chi connectivity index (χ1v) is 9.31. The molecule has 0 aliphatic rings. The molecule has 0 radical (unpaired) electrons. The molecule has 142 valence electrons. The van der Waals surface area contributed by atoms with Crippen molar-refractivity contribution in [1.29, 1.82) is 0 Å². The topological polar surface area (TPSA) is 71.1 Å². The molecule has 5 nitrogen and oxygen atoms in total. The fourth-order valence-electron chi connectivity index (χ4n) is 2.63. The molecule has 2 amide bonds. The number of pyridine rings is 1. The van der Waals surface area contributed by atoms with Gasteiger partial charge < -0.3 is 10.6 Å². The van der Waals surface area contributed by atoms with Gasteiger partial charge in [-0.25, -0.2) is 0 Å². The monoisotopic (exact) mass is 393 g/mol. The number of amides is 2. The summed E-state index contributed by atoms with van der Waals surface area (Å²) in [7, 11) is 0. The van der Waals surface area contributed by atoms with Crippen molar-refractivity contribution < 1.29 is 9.59 Å². The molecule has 3 rings (SSSR count). The second-order valence-electron chi connectivity index (χ2n) is 6.24. The van der Waals surface area contributed by atoms with E-state index in [9.17, 15) is 9.59 Å². The van der Waals surface area contributed by atoms with E-state index in [-0.39, 0.29) is 11.8 Å². The van der Waals surface area contributed by atoms with Gasteiger partial charge in [0.25, 0.3) is 11.8 Å². The van der Waals surface area contributed by atoms with Gasteiger partial charge in [-0.05, 0) is 41.8 Å². The lowest BCUT2D eigenvalue weighted by atomic mass is 10.1. The van der Waals surface area contributed by atoms with Crippen LogP contribution in [0.15, 0.2) is 67.0 Å². The van der Waals surface area contributed by atoms with E-state index in [1.54, 1.807) is 6.07 Å². The Hall–Kier alpha value is -3.18. The molecule has 1 aromatic heterocycles. The van der Waals surface area contributed by atoms with E-state index in [4.69, 9.17) is 11.6 Å². The minimum atomic E-state index is -0.325. The molecule has 0 bridgehead atoms. The Morgan fingerprint density at radius 3 is 2.32 bits per heavy atom. The number of nitrogens with one attached hydrogen (secondary N) is 2. The lowest BCUT2D eigenvalue weighted by Crippen LogP contribution is -2.23. The normalized spacial score (nSPS) is 10.4. The molecule has 0 spiro atoms. The number of anilines is 1. The van der Waals surface area contributed by atoms with Gasteiger partial charge in [0.2, 0.25) is 0 Å². The van der Waals surface area contributed by atoms with Crippen molar-refractivity contribution in [2.24, 2.45) is 0 Å². The SMILES string of the molecule is CCc1ccc(NC(=O)c2cncc(C(=O)NCc3ccccc3Cl)c2)cc1. The summed E-state index contributed by atoms with van der Waals surface area (Å²) in [6.45, 7) is 2.36. The molecule has 0 aliphatic heterocycles. The standard InChI is InChI=1S/C22H20ClN3O2/c1-2-15-7-9-19(10-8-15)26-22(28)18-11-17(12-24-13-18)21(27)25-14-16-5-3-4-6-20(16)23/h3-13H,2,14H2,1H3,(H,25,27)(H,26,28). The molecule has 3 aromatic rings. The Morgan fingerprint density at radius 2 is 1.64 bits per heavy atom. The molecule has 0 unspecified atom stereocenters. The highest BCUT2D eigenvalue weighted by Crippen LogP contribution is 2.15. The molecule has 0 fully saturated rings. The molecule has 2 aromatic carbocycles. The number of carbonyl (C=O) groups is 2. The van der Waals surface area contributed by atoms with Crippen molar-refractivity contribution in [3.8, 4) is 0 Å². The van der Waals surface area contributed by atoms with Crippen LogP contribution in [0.5, 0.6) is 0 Å². The third kappa shape index (κ3) is 4.96. The molecule has 0 saturated heterocycles. The number of hydrogen-bond donors (Lipinski definition) is 2. The van der Waals surface area contributed by atoms with E-state index in [1.807, 2.05) is 42.5 Å². The predicted octanol–water partition coefficient (Wildman–Crippen LogP) is 4.48. The van der Waals surface area contributed by atoms with Gasteiger partial charge in [-0.15, -0.1) is 0 Å². The molecule has 0 atom stereocenters. The number of aryl methyl sites for hydroxylation is 1. The van der Waals surface area contributed by atoms with Crippen molar-refractivity contribution >= 4 is 29.1 Å². The van der Waals surface area contributed by atoms with Gasteiger partial charge in [0.1, 0.15) is 0 Å². The number of halogens is 1. The fourth-order valence-corrected chi connectivity index (χ4v) is 2.84. The Kier molecular flexibility index (Phi) is 6.40. The van der Waals surface area contributed by atoms with Gasteiger partial charge in [-0.3, -0.25) is 14.6 Å². The molecular formula is C22H20ClN3O2. The van der Waals surface area contributed by atoms with Crippen molar-refractivity contribution in [1.82, 2.24) is 10.3 Å². The zero-order valence-electron chi connectivity index (χ0n) is 15.4. The van der Waals surface area contributed by atoms with Crippen LogP contribution in [0, 0.1) is 0 Å². The molecule has 28 heavy (non-hydrogen) atoms. The summed E-state index contributed by atoms with van der Waals surface area (Å²) >= 11 is 6.10. The van der Waals surface area contributed by atoms with E-state index in [1.165, 1.54) is 24.0 Å². The Balaban J connectivity index is 1.66. The van der Waals surface area contributed by atoms with E-state index >= 15 is 0 Å². The number of aromatic nitrogens is 1. The largest absolute Gasteiger partial charge is 0.348 e. The van der Waals surface area contributed by atoms with Gasteiger partial charge >= 0.3 is 0 Å². The lowest BCUT2D eigenvalue weighted by Gasteiger charge is -2.09. The molecule has 0 aliphatic carbocycles. The summed E-state index contributed by atoms with van der Waals surface area (Å²) in [5, 5.41) is 6.19. The molecule has 1 heterocycles. The number of rotatable bonds is 6. The van der Waals surface area contributed by atoms with Crippen LogP contribution in [-0.2, 0) is 13.0 Å². The quantitative estimate of drug-likeness (QED) is 0.648. The highest BCUT2D eigenvalue weighted by molar-refractivity contribution is 6.31. The first-order valence-electron chi connectivity index (χ1n) is 8.93. The van der Waals surface area contributed by atoms with Gasteiger partial charge in [0.05, 0.1) is 11.1 Å². The summed E-state index contributed by atoms with van der Waals surface area (Å²) in [6, 6.07) is 16.4.